The summed E-state index contributed by atoms with van der Waals surface area (Å²) < 4.78 is 14.3. The van der Waals surface area contributed by atoms with Crippen molar-refractivity contribution in [2.45, 2.75) is 29.8 Å². The van der Waals surface area contributed by atoms with Gasteiger partial charge in [0.05, 0.1) is 48.5 Å². The summed E-state index contributed by atoms with van der Waals surface area (Å²) in [6, 6.07) is 21.0. The van der Waals surface area contributed by atoms with E-state index in [9.17, 15) is 15.5 Å². The second kappa shape index (κ2) is 9.75. The molecule has 1 fully saturated rings. The van der Waals surface area contributed by atoms with E-state index in [1.54, 1.807) is 36.7 Å². The number of pyridine rings is 1. The number of aromatic nitrogens is 3. The Morgan fingerprint density at radius 1 is 1.12 bits per heavy atom. The van der Waals surface area contributed by atoms with Crippen molar-refractivity contribution < 1.29 is 19.7 Å². The van der Waals surface area contributed by atoms with Gasteiger partial charge in [0, 0.05) is 38.2 Å². The molecular weight excluding hydrogens is 506 g/mol. The van der Waals surface area contributed by atoms with Crippen LogP contribution in [0.15, 0.2) is 79.3 Å². The summed E-state index contributed by atoms with van der Waals surface area (Å²) in [6.07, 6.45) is 3.61. The van der Waals surface area contributed by atoms with Gasteiger partial charge in [0.15, 0.2) is 11.2 Å². The Balaban J connectivity index is 1.56. The van der Waals surface area contributed by atoms with Gasteiger partial charge in [-0.1, -0.05) is 42.5 Å². The predicted molar refractivity (Wildman–Crippen MR) is 146 cm³/mol. The summed E-state index contributed by atoms with van der Waals surface area (Å²) in [7, 11) is 5.41. The molecule has 0 bridgehead atoms. The average molecular weight is 538 g/mol. The molecule has 2 aromatic heterocycles. The average Bonchev–Trinajstić information content (AvgIpc) is 3.56. The first-order valence-electron chi connectivity index (χ1n) is 13.2. The maximum absolute atomic E-state index is 12.9. The van der Waals surface area contributed by atoms with E-state index in [2.05, 4.69) is 21.1 Å². The Morgan fingerprint density at radius 2 is 1.88 bits per heavy atom. The van der Waals surface area contributed by atoms with Crippen LogP contribution in [0.1, 0.15) is 33.9 Å². The van der Waals surface area contributed by atoms with Crippen molar-refractivity contribution in [2.24, 2.45) is 13.0 Å². The molecule has 40 heavy (non-hydrogen) atoms. The number of fused-ring (bicyclic) bond motifs is 3. The van der Waals surface area contributed by atoms with Crippen LogP contribution in [0.3, 0.4) is 0 Å². The van der Waals surface area contributed by atoms with Gasteiger partial charge in [-0.2, -0.15) is 10.4 Å². The van der Waals surface area contributed by atoms with Gasteiger partial charge in [-0.25, -0.2) is 0 Å². The molecule has 0 spiro atoms. The Labute approximate surface area is 232 Å². The first-order chi connectivity index (χ1) is 19.3. The van der Waals surface area contributed by atoms with E-state index in [1.807, 2.05) is 55.2 Å². The number of nitriles is 1. The Bertz CT molecular complexity index is 1570. The minimum Gasteiger partial charge on any atom is -0.495 e. The van der Waals surface area contributed by atoms with E-state index in [0.717, 1.165) is 11.3 Å². The molecule has 1 saturated carbocycles. The van der Waals surface area contributed by atoms with Gasteiger partial charge in [0.2, 0.25) is 0 Å². The maximum atomic E-state index is 12.9. The van der Waals surface area contributed by atoms with Crippen molar-refractivity contribution in [3.05, 3.63) is 107 Å². The third-order valence-electron chi connectivity index (χ3n) is 8.49. The molecule has 4 aromatic rings. The number of aliphatic hydroxyl groups is 2. The van der Waals surface area contributed by atoms with E-state index in [4.69, 9.17) is 9.47 Å². The molecule has 2 aromatic carbocycles. The molecule has 9 heteroatoms. The van der Waals surface area contributed by atoms with Crippen LogP contribution in [0, 0.1) is 17.2 Å². The van der Waals surface area contributed by atoms with E-state index < -0.39 is 29.1 Å². The lowest BCUT2D eigenvalue weighted by molar-refractivity contribution is -0.152. The van der Waals surface area contributed by atoms with Crippen molar-refractivity contribution in [1.29, 1.82) is 5.26 Å². The summed E-state index contributed by atoms with van der Waals surface area (Å²) in [6.45, 7) is 1.06. The quantitative estimate of drug-likeness (QED) is 0.370. The number of hydrogen-bond donors (Lipinski definition) is 2. The van der Waals surface area contributed by atoms with Gasteiger partial charge in [-0.05, 0) is 36.4 Å². The molecule has 2 N–H and O–H groups in total. The van der Waals surface area contributed by atoms with E-state index in [-0.39, 0.29) is 0 Å². The predicted octanol–water partition coefficient (Wildman–Crippen LogP) is 3.08. The summed E-state index contributed by atoms with van der Waals surface area (Å²) in [4.78, 5) is 6.40. The SMILES string of the molecule is COc1cncc2c1[C@]1(O)[C@H](O)[C@H](CN(C)Cc3ccnn3C)[C@@H](c3ccccc3)[C@]1(c1ccc(C#N)cc1)O2. The number of nitrogens with zero attached hydrogens (tertiary/aromatic N) is 5. The zero-order chi connectivity index (χ0) is 28.1. The zero-order valence-corrected chi connectivity index (χ0v) is 22.6. The summed E-state index contributed by atoms with van der Waals surface area (Å²) in [5.41, 5.74) is 0.140. The van der Waals surface area contributed by atoms with Crippen molar-refractivity contribution >= 4 is 0 Å². The van der Waals surface area contributed by atoms with E-state index in [1.165, 1.54) is 13.3 Å². The fourth-order valence-corrected chi connectivity index (χ4v) is 6.79. The first kappa shape index (κ1) is 26.0. The summed E-state index contributed by atoms with van der Waals surface area (Å²) in [5.74, 6) is -0.238. The molecule has 0 unspecified atom stereocenters. The van der Waals surface area contributed by atoms with Crippen LogP contribution in [-0.2, 0) is 24.8 Å². The van der Waals surface area contributed by atoms with Gasteiger partial charge in [0.1, 0.15) is 11.5 Å². The molecule has 204 valence electrons. The summed E-state index contributed by atoms with van der Waals surface area (Å²) in [5, 5.41) is 39.0. The fraction of sp³-hybridized carbons (Fsp3) is 0.323. The minimum atomic E-state index is -1.89. The molecule has 3 heterocycles. The van der Waals surface area contributed by atoms with Crippen LogP contribution < -0.4 is 9.47 Å². The van der Waals surface area contributed by atoms with Gasteiger partial charge < -0.3 is 24.6 Å². The van der Waals surface area contributed by atoms with Crippen LogP contribution >= 0.6 is 0 Å². The molecule has 6 rings (SSSR count). The van der Waals surface area contributed by atoms with Crippen LogP contribution in [0.25, 0.3) is 0 Å². The van der Waals surface area contributed by atoms with Crippen molar-refractivity contribution in [2.75, 3.05) is 20.7 Å². The number of hydrogen-bond acceptors (Lipinski definition) is 8. The third-order valence-corrected chi connectivity index (χ3v) is 8.49. The highest BCUT2D eigenvalue weighted by Crippen LogP contribution is 2.69. The highest BCUT2D eigenvalue weighted by molar-refractivity contribution is 5.59. The minimum absolute atomic E-state index is 0.338. The highest BCUT2D eigenvalue weighted by Gasteiger charge is 2.76. The Morgan fingerprint density at radius 3 is 2.52 bits per heavy atom. The van der Waals surface area contributed by atoms with E-state index in [0.29, 0.717) is 41.3 Å². The van der Waals surface area contributed by atoms with E-state index >= 15 is 0 Å². The third kappa shape index (κ3) is 3.64. The first-order valence-corrected chi connectivity index (χ1v) is 13.2. The lowest BCUT2D eigenvalue weighted by atomic mass is 9.70. The van der Waals surface area contributed by atoms with Crippen molar-refractivity contribution in [3.63, 3.8) is 0 Å². The molecule has 1 aliphatic heterocycles. The molecule has 0 amide bonds. The molecule has 2 aliphatic rings. The lowest BCUT2D eigenvalue weighted by Crippen LogP contribution is -2.52. The number of methoxy groups -OCH3 is 1. The largest absolute Gasteiger partial charge is 0.495 e. The zero-order valence-electron chi connectivity index (χ0n) is 22.6. The number of rotatable bonds is 7. The topological polar surface area (TPSA) is 117 Å². The van der Waals surface area contributed by atoms with Gasteiger partial charge in [-0.15, -0.1) is 0 Å². The smallest absolute Gasteiger partial charge is 0.177 e. The molecule has 5 atom stereocenters. The van der Waals surface area contributed by atoms with Gasteiger partial charge in [-0.3, -0.25) is 9.67 Å². The van der Waals surface area contributed by atoms with Gasteiger partial charge >= 0.3 is 0 Å². The lowest BCUT2D eigenvalue weighted by Gasteiger charge is -2.41. The number of aryl methyl sites for hydroxylation is 1. The monoisotopic (exact) mass is 537 g/mol. The van der Waals surface area contributed by atoms with Crippen LogP contribution in [0.5, 0.6) is 11.5 Å². The molecule has 0 saturated heterocycles. The standard InChI is InChI=1S/C31H31N5O4/c1-35(18-23-13-14-34-36(23)2)19-24-27(21-7-5-4-6-8-21)31(22-11-9-20(15-32)10-12-22)30(38,29(24)37)28-25(39-3)16-33-17-26(28)40-31/h4-14,16-17,24,27,29,37-38H,18-19H2,1-3H3/t24-,27-,29-,30+,31+/m1/s1. The molecule has 9 nitrogen and oxygen atoms in total. The highest BCUT2D eigenvalue weighted by atomic mass is 16.5. The Kier molecular flexibility index (Phi) is 6.34. The van der Waals surface area contributed by atoms with Crippen molar-refractivity contribution in [3.8, 4) is 17.6 Å². The maximum Gasteiger partial charge on any atom is 0.177 e. The van der Waals surface area contributed by atoms with Crippen LogP contribution in [-0.4, -0.2) is 56.7 Å². The molecule has 0 radical (unpaired) electrons. The molecular formula is C31H31N5O4. The second-order valence-electron chi connectivity index (χ2n) is 10.6. The van der Waals surface area contributed by atoms with Crippen LogP contribution in [0.4, 0.5) is 0 Å². The number of ether oxygens (including phenoxy) is 2. The summed E-state index contributed by atoms with van der Waals surface area (Å²) >= 11 is 0. The van der Waals surface area contributed by atoms with Crippen molar-refractivity contribution in [1.82, 2.24) is 19.7 Å². The second-order valence-corrected chi connectivity index (χ2v) is 10.6. The van der Waals surface area contributed by atoms with Crippen LogP contribution in [0.2, 0.25) is 0 Å². The number of aliphatic hydroxyl groups excluding tert-OH is 1. The fourth-order valence-electron chi connectivity index (χ4n) is 6.79. The Hall–Kier alpha value is -4.23. The normalized spacial score (nSPS) is 26.7. The van der Waals surface area contributed by atoms with Gasteiger partial charge in [0.25, 0.3) is 0 Å². The molecule has 1 aliphatic carbocycles. The number of benzene rings is 2.